The van der Waals surface area contributed by atoms with Gasteiger partial charge in [0, 0.05) is 0 Å². The fraction of sp³-hybridized carbons (Fsp3) is 0.714. The smallest absolute Gasteiger partial charge is 0.0689 e. The molecule has 0 bridgehead atoms. The van der Waals surface area contributed by atoms with Gasteiger partial charge < -0.3 is 0 Å². The Morgan fingerprint density at radius 1 is 1.38 bits per heavy atom. The highest BCUT2D eigenvalue weighted by atomic mass is 14.4. The molecule has 0 spiro atoms. The normalized spacial score (nSPS) is 25.0. The number of nitrogens with zero attached hydrogens (tertiary/aromatic N) is 1. The summed E-state index contributed by atoms with van der Waals surface area (Å²) >= 11 is 0. The highest BCUT2D eigenvalue weighted by Crippen LogP contribution is 2.35. The van der Waals surface area contributed by atoms with E-state index in [-0.39, 0.29) is 5.41 Å². The van der Waals surface area contributed by atoms with Gasteiger partial charge in [-0.25, -0.2) is 0 Å². The summed E-state index contributed by atoms with van der Waals surface area (Å²) in [4.78, 5) is 0. The Morgan fingerprint density at radius 2 is 1.88 bits per heavy atom. The molecular weight excluding hydrogens is 98.1 g/mol. The van der Waals surface area contributed by atoms with Crippen LogP contribution in [0.1, 0.15) is 25.7 Å². The summed E-state index contributed by atoms with van der Waals surface area (Å²) in [7, 11) is 0. The third-order valence-corrected chi connectivity index (χ3v) is 1.80. The summed E-state index contributed by atoms with van der Waals surface area (Å²) in [6.45, 7) is 3.83. The van der Waals surface area contributed by atoms with Crippen LogP contribution in [0.5, 0.6) is 0 Å². The molecular formula is C7H10N. The summed E-state index contributed by atoms with van der Waals surface area (Å²) in [5, 5.41) is 8.51. The first-order valence-electron chi connectivity index (χ1n) is 3.03. The predicted molar refractivity (Wildman–Crippen MR) is 31.9 cm³/mol. The average Bonchev–Trinajstić information content (AvgIpc) is 2.17. The second-order valence-electron chi connectivity index (χ2n) is 2.60. The maximum atomic E-state index is 8.51. The zero-order valence-corrected chi connectivity index (χ0v) is 4.98. The first-order chi connectivity index (χ1) is 3.77. The van der Waals surface area contributed by atoms with Gasteiger partial charge in [0.25, 0.3) is 0 Å². The van der Waals surface area contributed by atoms with Gasteiger partial charge in [0.1, 0.15) is 0 Å². The summed E-state index contributed by atoms with van der Waals surface area (Å²) in [5.41, 5.74) is -0.208. The Labute approximate surface area is 50.3 Å². The van der Waals surface area contributed by atoms with E-state index < -0.39 is 0 Å². The molecule has 0 aromatic carbocycles. The average molecular weight is 108 g/mol. The van der Waals surface area contributed by atoms with Crippen LogP contribution in [0.2, 0.25) is 0 Å². The van der Waals surface area contributed by atoms with Gasteiger partial charge >= 0.3 is 0 Å². The fourth-order valence-electron chi connectivity index (χ4n) is 1.16. The Morgan fingerprint density at radius 3 is 2.12 bits per heavy atom. The molecule has 0 unspecified atom stereocenters. The molecule has 43 valence electrons. The minimum Gasteiger partial charge on any atom is -0.198 e. The summed E-state index contributed by atoms with van der Waals surface area (Å²) in [5.74, 6) is 0. The Kier molecular flexibility index (Phi) is 1.25. The van der Waals surface area contributed by atoms with Crippen molar-refractivity contribution in [2.75, 3.05) is 0 Å². The van der Waals surface area contributed by atoms with Crippen molar-refractivity contribution in [3.63, 3.8) is 0 Å². The van der Waals surface area contributed by atoms with Gasteiger partial charge in [-0.1, -0.05) is 12.8 Å². The van der Waals surface area contributed by atoms with Crippen LogP contribution in [0.3, 0.4) is 0 Å². The van der Waals surface area contributed by atoms with Gasteiger partial charge in [-0.15, -0.1) is 0 Å². The van der Waals surface area contributed by atoms with Crippen molar-refractivity contribution in [2.45, 2.75) is 25.7 Å². The van der Waals surface area contributed by atoms with Gasteiger partial charge in [-0.05, 0) is 19.8 Å². The van der Waals surface area contributed by atoms with Gasteiger partial charge in [0.2, 0.25) is 0 Å². The largest absolute Gasteiger partial charge is 0.198 e. The Balaban J connectivity index is 2.56. The molecule has 0 aliphatic heterocycles. The molecule has 0 aromatic rings. The van der Waals surface area contributed by atoms with Crippen LogP contribution >= 0.6 is 0 Å². The van der Waals surface area contributed by atoms with E-state index in [9.17, 15) is 0 Å². The molecule has 1 fully saturated rings. The van der Waals surface area contributed by atoms with Crippen molar-refractivity contribution in [3.05, 3.63) is 6.92 Å². The Bertz CT molecular complexity index is 115. The van der Waals surface area contributed by atoms with Crippen LogP contribution in [0.4, 0.5) is 0 Å². The predicted octanol–water partition coefficient (Wildman–Crippen LogP) is 1.90. The van der Waals surface area contributed by atoms with Gasteiger partial charge in [0.15, 0.2) is 0 Å². The fourth-order valence-corrected chi connectivity index (χ4v) is 1.16. The third kappa shape index (κ3) is 0.838. The molecule has 0 amide bonds. The minimum absolute atomic E-state index is 0.208. The molecule has 8 heavy (non-hydrogen) atoms. The lowest BCUT2D eigenvalue weighted by molar-refractivity contribution is 0.525. The summed E-state index contributed by atoms with van der Waals surface area (Å²) < 4.78 is 0. The van der Waals surface area contributed by atoms with E-state index in [0.717, 1.165) is 12.8 Å². The van der Waals surface area contributed by atoms with E-state index in [0.29, 0.717) is 0 Å². The topological polar surface area (TPSA) is 23.8 Å². The lowest BCUT2D eigenvalue weighted by Gasteiger charge is -2.09. The van der Waals surface area contributed by atoms with Gasteiger partial charge in [0.05, 0.1) is 11.5 Å². The number of rotatable bonds is 0. The van der Waals surface area contributed by atoms with E-state index >= 15 is 0 Å². The molecule has 1 aliphatic rings. The van der Waals surface area contributed by atoms with E-state index in [1.54, 1.807) is 0 Å². The van der Waals surface area contributed by atoms with Gasteiger partial charge in [-0.3, -0.25) is 0 Å². The van der Waals surface area contributed by atoms with Crippen LogP contribution in [0.15, 0.2) is 0 Å². The van der Waals surface area contributed by atoms with Crippen molar-refractivity contribution >= 4 is 0 Å². The standard InChI is InChI=1S/C7H10N/c1-7(6-8)4-2-3-5-7/h1-5H2. The summed E-state index contributed by atoms with van der Waals surface area (Å²) in [6, 6.07) is 2.23. The SMILES string of the molecule is [CH2]C1(C#N)CCCC1. The zero-order valence-electron chi connectivity index (χ0n) is 4.98. The second kappa shape index (κ2) is 1.78. The van der Waals surface area contributed by atoms with E-state index in [4.69, 9.17) is 5.26 Å². The summed E-state index contributed by atoms with van der Waals surface area (Å²) in [6.07, 6.45) is 4.39. The maximum Gasteiger partial charge on any atom is 0.0689 e. The first kappa shape index (κ1) is 5.62. The molecule has 0 atom stereocenters. The first-order valence-corrected chi connectivity index (χ1v) is 3.03. The molecule has 0 N–H and O–H groups in total. The molecule has 0 saturated heterocycles. The van der Waals surface area contributed by atoms with Crippen molar-refractivity contribution in [2.24, 2.45) is 5.41 Å². The van der Waals surface area contributed by atoms with Crippen LogP contribution < -0.4 is 0 Å². The third-order valence-electron chi connectivity index (χ3n) is 1.80. The number of hydrogen-bond donors (Lipinski definition) is 0. The quantitative estimate of drug-likeness (QED) is 0.465. The zero-order chi connectivity index (χ0) is 6.04. The van der Waals surface area contributed by atoms with Crippen LogP contribution in [-0.2, 0) is 0 Å². The van der Waals surface area contributed by atoms with Crippen molar-refractivity contribution in [1.82, 2.24) is 0 Å². The minimum atomic E-state index is -0.208. The molecule has 1 saturated carbocycles. The van der Waals surface area contributed by atoms with Crippen LogP contribution in [-0.4, -0.2) is 0 Å². The maximum absolute atomic E-state index is 8.51. The molecule has 0 heterocycles. The highest BCUT2D eigenvalue weighted by molar-refractivity contribution is 5.03. The number of hydrogen-bond acceptors (Lipinski definition) is 1. The van der Waals surface area contributed by atoms with Crippen LogP contribution in [0, 0.1) is 23.7 Å². The van der Waals surface area contributed by atoms with Gasteiger partial charge in [-0.2, -0.15) is 5.26 Å². The molecule has 0 aromatic heterocycles. The molecule has 1 aliphatic carbocycles. The molecule has 1 nitrogen and oxygen atoms in total. The van der Waals surface area contributed by atoms with E-state index in [1.165, 1.54) is 12.8 Å². The monoisotopic (exact) mass is 108 g/mol. The molecule has 1 rings (SSSR count). The van der Waals surface area contributed by atoms with E-state index in [2.05, 4.69) is 13.0 Å². The second-order valence-corrected chi connectivity index (χ2v) is 2.60. The van der Waals surface area contributed by atoms with E-state index in [1.807, 2.05) is 0 Å². The lowest BCUT2D eigenvalue weighted by Crippen LogP contribution is -2.05. The van der Waals surface area contributed by atoms with Crippen LogP contribution in [0.25, 0.3) is 0 Å². The van der Waals surface area contributed by atoms with Crippen molar-refractivity contribution < 1.29 is 0 Å². The Hall–Kier alpha value is -0.510. The number of nitriles is 1. The van der Waals surface area contributed by atoms with Crippen molar-refractivity contribution in [3.8, 4) is 6.07 Å². The highest BCUT2D eigenvalue weighted by Gasteiger charge is 2.27. The lowest BCUT2D eigenvalue weighted by atomic mass is 9.91. The molecule has 1 radical (unpaired) electrons. The molecule has 1 heteroatoms. The van der Waals surface area contributed by atoms with Crippen molar-refractivity contribution in [1.29, 1.82) is 5.26 Å².